The molecule has 1 aromatic heterocycles. The van der Waals surface area contributed by atoms with Gasteiger partial charge in [-0.2, -0.15) is 5.10 Å². The van der Waals surface area contributed by atoms with Gasteiger partial charge in [0.05, 0.1) is 21.2 Å². The van der Waals surface area contributed by atoms with Gasteiger partial charge >= 0.3 is 0 Å². The van der Waals surface area contributed by atoms with E-state index in [1.807, 2.05) is 0 Å². The maximum Gasteiger partial charge on any atom is 0.272 e. The van der Waals surface area contributed by atoms with Crippen LogP contribution in [0.3, 0.4) is 0 Å². The number of hydrazone groups is 1. The van der Waals surface area contributed by atoms with Crippen LogP contribution in [0.4, 0.5) is 5.69 Å². The predicted molar refractivity (Wildman–Crippen MR) is 86.5 cm³/mol. The van der Waals surface area contributed by atoms with E-state index in [1.54, 1.807) is 19.1 Å². The fourth-order valence-electron chi connectivity index (χ4n) is 1.64. The summed E-state index contributed by atoms with van der Waals surface area (Å²) in [5, 5.41) is 24.3. The van der Waals surface area contributed by atoms with Gasteiger partial charge in [-0.25, -0.2) is 5.43 Å². The molecule has 0 aliphatic heterocycles. The molecule has 2 N–H and O–H groups in total. The lowest BCUT2D eigenvalue weighted by molar-refractivity contribution is -0.385. The Bertz CT molecular complexity index is 790. The van der Waals surface area contributed by atoms with Crippen molar-refractivity contribution in [2.45, 2.75) is 6.92 Å². The minimum absolute atomic E-state index is 0.0911. The summed E-state index contributed by atoms with van der Waals surface area (Å²) in [5.74, 6) is -0.705. The van der Waals surface area contributed by atoms with Gasteiger partial charge in [-0.3, -0.25) is 19.9 Å². The minimum Gasteiger partial charge on any atom is -0.506 e. The van der Waals surface area contributed by atoms with E-state index in [1.165, 1.54) is 12.3 Å². The predicted octanol–water partition coefficient (Wildman–Crippen LogP) is 2.53. The van der Waals surface area contributed by atoms with Crippen LogP contribution in [0.2, 0.25) is 0 Å². The van der Waals surface area contributed by atoms with Gasteiger partial charge in [-0.15, -0.1) is 0 Å². The van der Waals surface area contributed by atoms with Crippen LogP contribution in [0.5, 0.6) is 5.75 Å². The van der Waals surface area contributed by atoms with Gasteiger partial charge in [0.15, 0.2) is 0 Å². The summed E-state index contributed by atoms with van der Waals surface area (Å²) in [5.41, 5.74) is 3.22. The first kappa shape index (κ1) is 16.6. The molecule has 118 valence electrons. The summed E-state index contributed by atoms with van der Waals surface area (Å²) in [6, 6.07) is 5.59. The smallest absolute Gasteiger partial charge is 0.272 e. The van der Waals surface area contributed by atoms with E-state index in [0.29, 0.717) is 5.56 Å². The standard InChI is InChI=1S/C14H11BrN4O4/c1-8-2-3-9(6-16-8)14(21)18-17-7-10-4-11(19(22)23)5-12(15)13(10)20/h2-7,20H,1H3,(H,18,21)/b17-7-. The number of aromatic nitrogens is 1. The lowest BCUT2D eigenvalue weighted by Gasteiger charge is -2.03. The molecule has 9 heteroatoms. The molecule has 2 aromatic rings. The summed E-state index contributed by atoms with van der Waals surface area (Å²) in [6.07, 6.45) is 2.52. The van der Waals surface area contributed by atoms with Crippen molar-refractivity contribution in [2.75, 3.05) is 0 Å². The van der Waals surface area contributed by atoms with E-state index in [0.717, 1.165) is 18.0 Å². The molecule has 0 spiro atoms. The van der Waals surface area contributed by atoms with Gasteiger partial charge in [0.1, 0.15) is 5.75 Å². The monoisotopic (exact) mass is 378 g/mol. The van der Waals surface area contributed by atoms with E-state index in [2.05, 4.69) is 31.4 Å². The number of nitrogens with zero attached hydrogens (tertiary/aromatic N) is 3. The van der Waals surface area contributed by atoms with Crippen LogP contribution in [-0.2, 0) is 0 Å². The van der Waals surface area contributed by atoms with E-state index in [4.69, 9.17) is 0 Å². The van der Waals surface area contributed by atoms with Crippen LogP contribution >= 0.6 is 15.9 Å². The topological polar surface area (TPSA) is 118 Å². The minimum atomic E-state index is -0.599. The number of aryl methyl sites for hydroxylation is 1. The molecule has 2 rings (SSSR count). The molecule has 1 amide bonds. The van der Waals surface area contributed by atoms with Crippen molar-refractivity contribution in [2.24, 2.45) is 5.10 Å². The number of nitro benzene ring substituents is 1. The first-order valence-corrected chi connectivity index (χ1v) is 7.10. The summed E-state index contributed by atoms with van der Waals surface area (Å²) >= 11 is 3.02. The van der Waals surface area contributed by atoms with Crippen molar-refractivity contribution in [3.05, 3.63) is 61.9 Å². The highest BCUT2D eigenvalue weighted by atomic mass is 79.9. The molecule has 0 saturated heterocycles. The Morgan fingerprint density at radius 1 is 1.48 bits per heavy atom. The number of hydrogen-bond acceptors (Lipinski definition) is 6. The van der Waals surface area contributed by atoms with Gasteiger partial charge < -0.3 is 5.11 Å². The molecule has 1 heterocycles. The van der Waals surface area contributed by atoms with Crippen molar-refractivity contribution in [3.63, 3.8) is 0 Å². The third-order valence-electron chi connectivity index (χ3n) is 2.83. The highest BCUT2D eigenvalue weighted by Gasteiger charge is 2.13. The first-order chi connectivity index (χ1) is 10.9. The number of phenolic OH excluding ortho intramolecular Hbond substituents is 1. The first-order valence-electron chi connectivity index (χ1n) is 6.31. The number of benzene rings is 1. The summed E-state index contributed by atoms with van der Waals surface area (Å²) < 4.78 is 0.155. The van der Waals surface area contributed by atoms with Gasteiger partial charge in [0.2, 0.25) is 0 Å². The third-order valence-corrected chi connectivity index (χ3v) is 3.44. The second-order valence-corrected chi connectivity index (χ2v) is 5.36. The highest BCUT2D eigenvalue weighted by Crippen LogP contribution is 2.31. The summed E-state index contributed by atoms with van der Waals surface area (Å²) in [7, 11) is 0. The molecule has 0 aliphatic rings. The van der Waals surface area contributed by atoms with Crippen LogP contribution in [0, 0.1) is 17.0 Å². The van der Waals surface area contributed by atoms with Crippen molar-refractivity contribution in [1.82, 2.24) is 10.4 Å². The quantitative estimate of drug-likeness (QED) is 0.481. The zero-order valence-electron chi connectivity index (χ0n) is 11.9. The Kier molecular flexibility index (Phi) is 5.02. The number of carbonyl (C=O) groups is 1. The van der Waals surface area contributed by atoms with Gasteiger partial charge in [0.25, 0.3) is 11.6 Å². The number of pyridine rings is 1. The largest absolute Gasteiger partial charge is 0.506 e. The number of rotatable bonds is 4. The maximum absolute atomic E-state index is 11.8. The number of nitrogens with one attached hydrogen (secondary N) is 1. The van der Waals surface area contributed by atoms with Crippen LogP contribution in [0.25, 0.3) is 0 Å². The molecule has 0 atom stereocenters. The number of aromatic hydroxyl groups is 1. The lowest BCUT2D eigenvalue weighted by atomic mass is 10.2. The molecule has 23 heavy (non-hydrogen) atoms. The Morgan fingerprint density at radius 3 is 2.83 bits per heavy atom. The fourth-order valence-corrected chi connectivity index (χ4v) is 2.10. The van der Waals surface area contributed by atoms with Crippen LogP contribution < -0.4 is 5.43 Å². The number of hydrogen-bond donors (Lipinski definition) is 2. The van der Waals surface area contributed by atoms with Gasteiger partial charge in [-0.05, 0) is 35.0 Å². The van der Waals surface area contributed by atoms with Gasteiger partial charge in [0, 0.05) is 29.6 Å². The molecule has 0 saturated carbocycles. The van der Waals surface area contributed by atoms with E-state index in [9.17, 15) is 20.0 Å². The molecular weight excluding hydrogens is 368 g/mol. The molecule has 0 aliphatic carbocycles. The molecule has 0 bridgehead atoms. The Hall–Kier alpha value is -2.81. The Morgan fingerprint density at radius 2 is 2.22 bits per heavy atom. The molecular formula is C14H11BrN4O4. The SMILES string of the molecule is Cc1ccc(C(=O)N/N=C\c2cc([N+](=O)[O-])cc(Br)c2O)cn1. The number of phenols is 1. The number of non-ortho nitro benzene ring substituents is 1. The Labute approximate surface area is 139 Å². The second kappa shape index (κ2) is 6.97. The zero-order valence-corrected chi connectivity index (χ0v) is 13.4. The number of nitro groups is 1. The van der Waals surface area contributed by atoms with Crippen LogP contribution in [0.15, 0.2) is 40.0 Å². The van der Waals surface area contributed by atoms with E-state index >= 15 is 0 Å². The summed E-state index contributed by atoms with van der Waals surface area (Å²) in [6.45, 7) is 1.79. The zero-order chi connectivity index (χ0) is 17.0. The van der Waals surface area contributed by atoms with Crippen molar-refractivity contribution < 1.29 is 14.8 Å². The molecule has 8 nitrogen and oxygen atoms in total. The lowest BCUT2D eigenvalue weighted by Crippen LogP contribution is -2.17. The molecule has 0 radical (unpaired) electrons. The fraction of sp³-hybridized carbons (Fsp3) is 0.0714. The van der Waals surface area contributed by atoms with Crippen molar-refractivity contribution >= 4 is 33.7 Å². The third kappa shape index (κ3) is 4.10. The number of carbonyl (C=O) groups excluding carboxylic acids is 1. The Balaban J connectivity index is 2.15. The summed E-state index contributed by atoms with van der Waals surface area (Å²) in [4.78, 5) is 26.0. The van der Waals surface area contributed by atoms with Crippen LogP contribution in [-0.4, -0.2) is 27.1 Å². The molecule has 0 unspecified atom stereocenters. The van der Waals surface area contributed by atoms with Gasteiger partial charge in [-0.1, -0.05) is 0 Å². The van der Waals surface area contributed by atoms with Crippen molar-refractivity contribution in [3.8, 4) is 5.75 Å². The van der Waals surface area contributed by atoms with Crippen molar-refractivity contribution in [1.29, 1.82) is 0 Å². The normalized spacial score (nSPS) is 10.7. The highest BCUT2D eigenvalue weighted by molar-refractivity contribution is 9.10. The van der Waals surface area contributed by atoms with E-state index < -0.39 is 10.8 Å². The number of halogens is 1. The second-order valence-electron chi connectivity index (χ2n) is 4.51. The molecule has 1 aromatic carbocycles. The van der Waals surface area contributed by atoms with Crippen LogP contribution in [0.1, 0.15) is 21.6 Å². The average Bonchev–Trinajstić information content (AvgIpc) is 2.51. The van der Waals surface area contributed by atoms with E-state index in [-0.39, 0.29) is 21.5 Å². The maximum atomic E-state index is 11.8. The average molecular weight is 379 g/mol. The number of amides is 1. The molecule has 0 fully saturated rings.